The SMILES string of the molecule is CC1CCC(C(=O)O)CN1Cc1cn2cc(Cl)ccc2n1. The number of hydrogen-bond acceptors (Lipinski definition) is 3. The lowest BCUT2D eigenvalue weighted by Gasteiger charge is -2.35. The van der Waals surface area contributed by atoms with Crippen molar-refractivity contribution in [3.8, 4) is 0 Å². The molecule has 0 aliphatic carbocycles. The fraction of sp³-hybridized carbons (Fsp3) is 0.467. The highest BCUT2D eigenvalue weighted by molar-refractivity contribution is 6.30. The predicted molar refractivity (Wildman–Crippen MR) is 80.4 cm³/mol. The molecule has 1 saturated heterocycles. The van der Waals surface area contributed by atoms with Crippen LogP contribution in [0.3, 0.4) is 0 Å². The van der Waals surface area contributed by atoms with Gasteiger partial charge in [0.1, 0.15) is 5.65 Å². The average molecular weight is 308 g/mol. The first-order valence-electron chi connectivity index (χ1n) is 7.13. The van der Waals surface area contributed by atoms with E-state index in [0.717, 1.165) is 24.2 Å². The van der Waals surface area contributed by atoms with E-state index in [2.05, 4.69) is 16.8 Å². The molecule has 1 aliphatic rings. The molecule has 1 aliphatic heterocycles. The van der Waals surface area contributed by atoms with E-state index in [9.17, 15) is 9.90 Å². The minimum absolute atomic E-state index is 0.271. The lowest BCUT2D eigenvalue weighted by molar-refractivity contribution is -0.144. The number of aliphatic carboxylic acids is 1. The second-order valence-corrected chi connectivity index (χ2v) is 6.17. The maximum absolute atomic E-state index is 11.2. The van der Waals surface area contributed by atoms with Gasteiger partial charge >= 0.3 is 5.97 Å². The summed E-state index contributed by atoms with van der Waals surface area (Å²) >= 11 is 5.97. The molecule has 0 radical (unpaired) electrons. The van der Waals surface area contributed by atoms with Gasteiger partial charge in [-0.15, -0.1) is 0 Å². The number of fused-ring (bicyclic) bond motifs is 1. The lowest BCUT2D eigenvalue weighted by Crippen LogP contribution is -2.43. The second kappa shape index (κ2) is 5.66. The van der Waals surface area contributed by atoms with Gasteiger partial charge in [0, 0.05) is 31.5 Å². The zero-order chi connectivity index (χ0) is 15.0. The summed E-state index contributed by atoms with van der Waals surface area (Å²) in [7, 11) is 0. The van der Waals surface area contributed by atoms with Crippen LogP contribution in [0.5, 0.6) is 0 Å². The number of piperidine rings is 1. The van der Waals surface area contributed by atoms with Gasteiger partial charge in [-0.1, -0.05) is 11.6 Å². The first-order chi connectivity index (χ1) is 10.0. The molecule has 5 nitrogen and oxygen atoms in total. The number of hydrogen-bond donors (Lipinski definition) is 1. The van der Waals surface area contributed by atoms with Crippen LogP contribution in [0.2, 0.25) is 5.02 Å². The third-order valence-corrected chi connectivity index (χ3v) is 4.41. The van der Waals surface area contributed by atoms with Crippen molar-refractivity contribution in [2.75, 3.05) is 6.54 Å². The number of rotatable bonds is 3. The van der Waals surface area contributed by atoms with E-state index >= 15 is 0 Å². The van der Waals surface area contributed by atoms with Crippen molar-refractivity contribution in [1.29, 1.82) is 0 Å². The number of aromatic nitrogens is 2. The summed E-state index contributed by atoms with van der Waals surface area (Å²) in [6, 6.07) is 4.08. The maximum atomic E-state index is 11.2. The quantitative estimate of drug-likeness (QED) is 0.947. The zero-order valence-corrected chi connectivity index (χ0v) is 12.6. The molecule has 3 rings (SSSR count). The summed E-state index contributed by atoms with van der Waals surface area (Å²) in [4.78, 5) is 17.9. The highest BCUT2D eigenvalue weighted by Gasteiger charge is 2.29. The zero-order valence-electron chi connectivity index (χ0n) is 11.9. The van der Waals surface area contributed by atoms with Crippen LogP contribution in [0.15, 0.2) is 24.5 Å². The predicted octanol–water partition coefficient (Wildman–Crippen LogP) is 2.67. The summed E-state index contributed by atoms with van der Waals surface area (Å²) in [5, 5.41) is 9.86. The molecule has 3 heterocycles. The van der Waals surface area contributed by atoms with Crippen LogP contribution >= 0.6 is 11.6 Å². The van der Waals surface area contributed by atoms with E-state index in [-0.39, 0.29) is 5.92 Å². The molecule has 0 spiro atoms. The molecule has 0 amide bonds. The van der Waals surface area contributed by atoms with Crippen molar-refractivity contribution in [2.45, 2.75) is 32.4 Å². The molecule has 0 aromatic carbocycles. The van der Waals surface area contributed by atoms with Gasteiger partial charge in [-0.3, -0.25) is 9.69 Å². The summed E-state index contributed by atoms with van der Waals surface area (Å²) in [5.41, 5.74) is 1.80. The Morgan fingerprint density at radius 2 is 2.24 bits per heavy atom. The Morgan fingerprint density at radius 1 is 1.43 bits per heavy atom. The van der Waals surface area contributed by atoms with Gasteiger partial charge in [0.05, 0.1) is 16.6 Å². The molecular weight excluding hydrogens is 290 g/mol. The van der Waals surface area contributed by atoms with E-state index in [1.165, 1.54) is 0 Å². The van der Waals surface area contributed by atoms with Gasteiger partial charge < -0.3 is 9.51 Å². The molecule has 0 saturated carbocycles. The van der Waals surface area contributed by atoms with Crippen molar-refractivity contribution < 1.29 is 9.90 Å². The minimum Gasteiger partial charge on any atom is -0.481 e. The van der Waals surface area contributed by atoms with Gasteiger partial charge in [0.2, 0.25) is 0 Å². The molecule has 2 unspecified atom stereocenters. The largest absolute Gasteiger partial charge is 0.481 e. The van der Waals surface area contributed by atoms with E-state index < -0.39 is 5.97 Å². The van der Waals surface area contributed by atoms with Crippen LogP contribution in [0.25, 0.3) is 5.65 Å². The summed E-state index contributed by atoms with van der Waals surface area (Å²) < 4.78 is 1.90. The van der Waals surface area contributed by atoms with Crippen molar-refractivity contribution in [1.82, 2.24) is 14.3 Å². The summed E-state index contributed by atoms with van der Waals surface area (Å²) in [5.74, 6) is -0.971. The average Bonchev–Trinajstić information content (AvgIpc) is 2.82. The smallest absolute Gasteiger partial charge is 0.307 e. The van der Waals surface area contributed by atoms with Crippen molar-refractivity contribution >= 4 is 23.2 Å². The topological polar surface area (TPSA) is 57.8 Å². The van der Waals surface area contributed by atoms with Gasteiger partial charge in [0.15, 0.2) is 0 Å². The molecular formula is C15H18ClN3O2. The van der Waals surface area contributed by atoms with Gasteiger partial charge in [-0.25, -0.2) is 4.98 Å². The van der Waals surface area contributed by atoms with Crippen molar-refractivity contribution in [2.24, 2.45) is 5.92 Å². The molecule has 6 heteroatoms. The van der Waals surface area contributed by atoms with Gasteiger partial charge in [0.25, 0.3) is 0 Å². The molecule has 112 valence electrons. The Labute approximate surface area is 128 Å². The highest BCUT2D eigenvalue weighted by atomic mass is 35.5. The van der Waals surface area contributed by atoms with Crippen molar-refractivity contribution in [3.63, 3.8) is 0 Å². The Balaban J connectivity index is 1.78. The molecule has 2 atom stereocenters. The Kier molecular flexibility index (Phi) is 3.87. The molecule has 2 aromatic rings. The number of pyridine rings is 1. The monoisotopic (exact) mass is 307 g/mol. The van der Waals surface area contributed by atoms with E-state index in [1.807, 2.05) is 28.9 Å². The molecule has 21 heavy (non-hydrogen) atoms. The normalized spacial score (nSPS) is 23.5. The Bertz CT molecular complexity index is 670. The fourth-order valence-electron chi connectivity index (χ4n) is 2.90. The third kappa shape index (κ3) is 3.04. The van der Waals surface area contributed by atoms with Gasteiger partial charge in [-0.05, 0) is 31.9 Å². The number of carboxylic acids is 1. The first kappa shape index (κ1) is 14.4. The van der Waals surface area contributed by atoms with Crippen LogP contribution in [0, 0.1) is 5.92 Å². The second-order valence-electron chi connectivity index (χ2n) is 5.74. The molecule has 0 bridgehead atoms. The number of carbonyl (C=O) groups is 1. The van der Waals surface area contributed by atoms with Crippen LogP contribution in [0.1, 0.15) is 25.5 Å². The number of carboxylic acid groups (broad SMARTS) is 1. The van der Waals surface area contributed by atoms with Crippen LogP contribution in [-0.4, -0.2) is 37.9 Å². The van der Waals surface area contributed by atoms with E-state index in [1.54, 1.807) is 0 Å². The standard InChI is InChI=1S/C15H18ClN3O2/c1-10-2-3-11(15(20)21)6-18(10)8-13-9-19-7-12(16)4-5-14(19)17-13/h4-5,7,9-11H,2-3,6,8H2,1H3,(H,20,21). The number of halogens is 1. The molecule has 2 aromatic heterocycles. The fourth-order valence-corrected chi connectivity index (χ4v) is 3.07. The maximum Gasteiger partial charge on any atom is 0.307 e. The summed E-state index contributed by atoms with van der Waals surface area (Å²) in [6.45, 7) is 3.40. The summed E-state index contributed by atoms with van der Waals surface area (Å²) in [6.07, 6.45) is 5.45. The lowest BCUT2D eigenvalue weighted by atomic mass is 9.93. The molecule has 1 fully saturated rings. The number of likely N-dealkylation sites (tertiary alicyclic amines) is 1. The number of imidazole rings is 1. The first-order valence-corrected chi connectivity index (χ1v) is 7.50. The Morgan fingerprint density at radius 3 is 3.00 bits per heavy atom. The molecule has 1 N–H and O–H groups in total. The number of nitrogens with zero attached hydrogens (tertiary/aromatic N) is 3. The van der Waals surface area contributed by atoms with Crippen molar-refractivity contribution in [3.05, 3.63) is 35.2 Å². The minimum atomic E-state index is -0.700. The van der Waals surface area contributed by atoms with Crippen LogP contribution in [0.4, 0.5) is 0 Å². The van der Waals surface area contributed by atoms with E-state index in [4.69, 9.17) is 11.6 Å². The Hall–Kier alpha value is -1.59. The van der Waals surface area contributed by atoms with E-state index in [0.29, 0.717) is 24.2 Å². The van der Waals surface area contributed by atoms with Gasteiger partial charge in [-0.2, -0.15) is 0 Å². The highest BCUT2D eigenvalue weighted by Crippen LogP contribution is 2.24. The van der Waals surface area contributed by atoms with Crippen LogP contribution < -0.4 is 0 Å². The van der Waals surface area contributed by atoms with Crippen LogP contribution in [-0.2, 0) is 11.3 Å². The third-order valence-electron chi connectivity index (χ3n) is 4.19.